The molecule has 0 amide bonds. The quantitative estimate of drug-likeness (QED) is 0.113. The van der Waals surface area contributed by atoms with Crippen LogP contribution < -0.4 is 9.80 Å². The van der Waals surface area contributed by atoms with Crippen LogP contribution in [0.3, 0.4) is 0 Å². The van der Waals surface area contributed by atoms with Gasteiger partial charge in [0.05, 0.1) is 22.1 Å². The highest BCUT2D eigenvalue weighted by Gasteiger charge is 2.42. The first-order valence-corrected chi connectivity index (χ1v) is 49.8. The molecule has 0 spiro atoms. The van der Waals surface area contributed by atoms with Gasteiger partial charge in [0.15, 0.2) is 0 Å². The summed E-state index contributed by atoms with van der Waals surface area (Å²) in [5.41, 5.74) is 46.3. The molecule has 28 rings (SSSR count). The van der Waals surface area contributed by atoms with Crippen molar-refractivity contribution in [2.24, 2.45) is 0 Å². The zero-order valence-corrected chi connectivity index (χ0v) is 80.6. The van der Waals surface area contributed by atoms with E-state index >= 15 is 0 Å². The Hall–Kier alpha value is -16.9. The van der Waals surface area contributed by atoms with Crippen LogP contribution in [0.5, 0.6) is 0 Å². The fraction of sp³-hybridized carbons (Fsp3) is 0.0949. The molecule has 2 heterocycles. The summed E-state index contributed by atoms with van der Waals surface area (Å²) in [7, 11) is 0. The second kappa shape index (κ2) is 31.6. The number of para-hydroxylation sites is 6. The summed E-state index contributed by atoms with van der Waals surface area (Å²) in [6, 6.07) is 170. The standard InChI is InChI=1S/C69H52N2.C68H50N2/c1-43-27-35-58-59(39-43)67(45-29-36-51-50-19-11-14-24-60(50)68(2,3)61(51)41-45)57-23-10-9-22-56(57)66(58)44-28-37-52-53-38-34-49(42-63(53)69(4,5)62(52)40-44)70(46-17-7-6-8-18-46)47-30-32-48(33-31-47)71-64-25-15-12-20-54(64)55-21-13-16-26-65(55)71;1-67(2)59-27-15-12-20-49(59)50-37-30-43(40-60(50)67)65-55-23-8-10-25-57(55)66(58-26-11-9-24-56(58)65)44-31-38-51-52-39-36-48(42-62(52)68(3,4)61(51)41-44)69(45-18-6-5-7-19-45)46-32-34-47(35-33-46)70-63-28-16-13-21-53(63)54-22-14-17-29-64(54)70/h6-42H,1-5H3;5-42H,1-4H3. The van der Waals surface area contributed by atoms with Crippen molar-refractivity contribution in [2.45, 2.75) is 84.0 Å². The zero-order valence-electron chi connectivity index (χ0n) is 80.6. The number of rotatable bonds is 12. The topological polar surface area (TPSA) is 16.3 Å². The maximum absolute atomic E-state index is 2.51. The van der Waals surface area contributed by atoms with E-state index in [9.17, 15) is 0 Å². The molecule has 0 unspecified atom stereocenters. The Morgan fingerprint density at radius 3 is 0.709 bits per heavy atom. The van der Waals surface area contributed by atoms with Crippen LogP contribution in [-0.4, -0.2) is 9.13 Å². The van der Waals surface area contributed by atoms with Crippen LogP contribution in [0.4, 0.5) is 34.1 Å². The van der Waals surface area contributed by atoms with Crippen molar-refractivity contribution in [3.63, 3.8) is 0 Å². The van der Waals surface area contributed by atoms with Gasteiger partial charge in [-0.25, -0.2) is 0 Å². The number of fused-ring (bicyclic) bond motifs is 22. The number of nitrogens with zero attached hydrogens (tertiary/aromatic N) is 4. The minimum absolute atomic E-state index is 0.0797. The first-order chi connectivity index (χ1) is 68.9. The van der Waals surface area contributed by atoms with Crippen molar-refractivity contribution in [3.8, 4) is 100 Å². The van der Waals surface area contributed by atoms with Crippen LogP contribution in [0, 0.1) is 6.92 Å². The molecule has 4 heteroatoms. The van der Waals surface area contributed by atoms with E-state index in [-0.39, 0.29) is 21.7 Å². The van der Waals surface area contributed by atoms with Gasteiger partial charge in [-0.2, -0.15) is 0 Å². The predicted molar refractivity (Wildman–Crippen MR) is 598 cm³/mol. The average molecular weight is 1800 g/mol. The Balaban J connectivity index is 0.000000141. The normalized spacial score (nSPS) is 13.9. The van der Waals surface area contributed by atoms with Crippen molar-refractivity contribution in [1.82, 2.24) is 9.13 Å². The third-order valence-corrected chi connectivity index (χ3v) is 32.2. The van der Waals surface area contributed by atoms with Crippen molar-refractivity contribution in [1.29, 1.82) is 0 Å². The van der Waals surface area contributed by atoms with Gasteiger partial charge in [0.2, 0.25) is 0 Å². The summed E-state index contributed by atoms with van der Waals surface area (Å²) in [6.07, 6.45) is 0. The van der Waals surface area contributed by atoms with Crippen LogP contribution in [0.1, 0.15) is 105 Å². The van der Waals surface area contributed by atoms with Gasteiger partial charge in [-0.3, -0.25) is 0 Å². The van der Waals surface area contributed by atoms with Crippen LogP contribution in [0.25, 0.3) is 187 Å². The molecule has 22 aromatic carbocycles. The van der Waals surface area contributed by atoms with Crippen molar-refractivity contribution >= 4 is 121 Å². The molecule has 4 aliphatic carbocycles. The lowest BCUT2D eigenvalue weighted by Crippen LogP contribution is -2.16. The van der Waals surface area contributed by atoms with E-state index in [4.69, 9.17) is 0 Å². The molecule has 0 radical (unpaired) electrons. The van der Waals surface area contributed by atoms with Gasteiger partial charge in [0.1, 0.15) is 0 Å². The van der Waals surface area contributed by atoms with E-state index in [0.29, 0.717) is 0 Å². The molecule has 0 saturated carbocycles. The Morgan fingerprint density at radius 1 is 0.163 bits per heavy atom. The Labute approximate surface area is 823 Å². The molecule has 4 nitrogen and oxygen atoms in total. The SMILES string of the molecule is CC1(C)c2ccccc2-c2ccc(-c3c4ccccc4c(-c4ccc5c(c4)C(C)(C)c4cc(N(c6ccccc6)c6ccc(-n7c8ccccc8c8ccccc87)cc6)ccc4-5)c4ccccc34)cc21.Cc1ccc2c(-c3ccc4c(c3)C(C)(C)c3cc(N(c5ccccc5)c5ccc(-n6c7ccccc7c7ccccc76)cc5)ccc3-4)c3ccccc3c(-c3ccc4c(c3)C(C)(C)c3ccccc3-4)c2c1. The molecule has 2 aromatic heterocycles. The third-order valence-electron chi connectivity index (χ3n) is 32.2. The molecule has 0 saturated heterocycles. The van der Waals surface area contributed by atoms with E-state index in [1.54, 1.807) is 0 Å². The summed E-state index contributed by atoms with van der Waals surface area (Å²) in [5, 5.41) is 15.3. The summed E-state index contributed by atoms with van der Waals surface area (Å²) in [6.45, 7) is 21.4. The van der Waals surface area contributed by atoms with Crippen molar-refractivity contribution in [3.05, 3.63) is 505 Å². The third kappa shape index (κ3) is 12.7. The highest BCUT2D eigenvalue weighted by molar-refractivity contribution is 6.24. The average Bonchev–Trinajstić information content (AvgIpc) is 1.67. The zero-order chi connectivity index (χ0) is 94.6. The predicted octanol–water partition coefficient (Wildman–Crippen LogP) is 37.3. The fourth-order valence-corrected chi connectivity index (χ4v) is 25.4. The van der Waals surface area contributed by atoms with Gasteiger partial charge >= 0.3 is 0 Å². The largest absolute Gasteiger partial charge is 0.310 e. The smallest absolute Gasteiger partial charge is 0.0541 e. The van der Waals surface area contributed by atoms with Gasteiger partial charge in [0.25, 0.3) is 0 Å². The molecule has 0 N–H and O–H groups in total. The van der Waals surface area contributed by atoms with Gasteiger partial charge in [-0.15, -0.1) is 0 Å². The van der Waals surface area contributed by atoms with Gasteiger partial charge in [-0.05, 0) is 329 Å². The molecule has 0 atom stereocenters. The molecule has 0 fully saturated rings. The minimum Gasteiger partial charge on any atom is -0.310 e. The molecule has 24 aromatic rings. The van der Waals surface area contributed by atoms with E-state index < -0.39 is 0 Å². The van der Waals surface area contributed by atoms with Crippen LogP contribution >= 0.6 is 0 Å². The number of benzene rings is 22. The van der Waals surface area contributed by atoms with Crippen LogP contribution in [0.2, 0.25) is 0 Å². The van der Waals surface area contributed by atoms with Gasteiger partial charge < -0.3 is 18.9 Å². The first kappa shape index (κ1) is 83.5. The highest BCUT2D eigenvalue weighted by atomic mass is 15.2. The van der Waals surface area contributed by atoms with Crippen molar-refractivity contribution in [2.75, 3.05) is 9.80 Å². The van der Waals surface area contributed by atoms with Gasteiger partial charge in [0, 0.05) is 88.7 Å². The molecule has 0 bridgehead atoms. The summed E-state index contributed by atoms with van der Waals surface area (Å²) >= 11 is 0. The number of aryl methyl sites for hydroxylation is 1. The number of anilines is 6. The second-order valence-electron chi connectivity index (χ2n) is 41.4. The molecule has 0 aliphatic heterocycles. The van der Waals surface area contributed by atoms with E-state index in [2.05, 4.69) is 536 Å². The first-order valence-electron chi connectivity index (χ1n) is 49.8. The fourth-order valence-electron chi connectivity index (χ4n) is 25.4. The molecular formula is C137H102N4. The van der Waals surface area contributed by atoms with E-state index in [0.717, 1.165) is 45.5 Å². The Morgan fingerprint density at radius 2 is 0.390 bits per heavy atom. The lowest BCUT2D eigenvalue weighted by molar-refractivity contribution is 0.660. The van der Waals surface area contributed by atoms with Crippen LogP contribution in [-0.2, 0) is 21.7 Å². The maximum Gasteiger partial charge on any atom is 0.0541 e. The monoisotopic (exact) mass is 1800 g/mol. The highest BCUT2D eigenvalue weighted by Crippen LogP contribution is 2.59. The molecular weight excluding hydrogens is 1700 g/mol. The Kier molecular flexibility index (Phi) is 18.7. The molecule has 4 aliphatic rings. The summed E-state index contributed by atoms with van der Waals surface area (Å²) in [4.78, 5) is 4.81. The van der Waals surface area contributed by atoms with E-state index in [1.165, 1.54) is 226 Å². The molecule has 670 valence electrons. The number of hydrogen-bond donors (Lipinski definition) is 0. The van der Waals surface area contributed by atoms with Crippen molar-refractivity contribution < 1.29 is 0 Å². The lowest BCUT2D eigenvalue weighted by Gasteiger charge is -2.28. The van der Waals surface area contributed by atoms with E-state index in [1.807, 2.05) is 0 Å². The van der Waals surface area contributed by atoms with Crippen LogP contribution in [0.15, 0.2) is 455 Å². The maximum atomic E-state index is 2.51. The lowest BCUT2D eigenvalue weighted by atomic mass is 9.79. The Bertz CT molecular complexity index is 9200. The minimum atomic E-state index is -0.254. The summed E-state index contributed by atoms with van der Waals surface area (Å²) < 4.78 is 4.78. The number of hydrogen-bond acceptors (Lipinski definition) is 2. The summed E-state index contributed by atoms with van der Waals surface area (Å²) in [5.74, 6) is 0. The molecule has 141 heavy (non-hydrogen) atoms. The second-order valence-corrected chi connectivity index (χ2v) is 41.4. The van der Waals surface area contributed by atoms with Gasteiger partial charge in [-0.1, -0.05) is 370 Å². The number of aromatic nitrogens is 2.